The number of fused-ring (bicyclic) bond motifs is 1. The molecule has 1 aromatic carbocycles. The molecule has 3 aromatic rings. The summed E-state index contributed by atoms with van der Waals surface area (Å²) in [5.41, 5.74) is 0.876. The van der Waals surface area contributed by atoms with Crippen LogP contribution in [0.4, 0.5) is 25.5 Å². The number of anilines is 2. The van der Waals surface area contributed by atoms with Crippen LogP contribution in [0.5, 0.6) is 0 Å². The molecule has 0 unspecified atom stereocenters. The molecule has 3 heterocycles. The Balaban J connectivity index is 1.37. The van der Waals surface area contributed by atoms with Gasteiger partial charge in [-0.2, -0.15) is 15.0 Å². The van der Waals surface area contributed by atoms with E-state index < -0.39 is 18.3 Å². The zero-order chi connectivity index (χ0) is 27.4. The van der Waals surface area contributed by atoms with Gasteiger partial charge < -0.3 is 30.7 Å². The van der Waals surface area contributed by atoms with E-state index in [9.17, 15) is 18.4 Å². The van der Waals surface area contributed by atoms with Gasteiger partial charge in [0.25, 0.3) is 6.43 Å². The van der Waals surface area contributed by atoms with E-state index in [1.54, 1.807) is 24.3 Å². The molecule has 2 amide bonds. The van der Waals surface area contributed by atoms with Gasteiger partial charge in [0.1, 0.15) is 0 Å². The number of halogens is 2. The van der Waals surface area contributed by atoms with Crippen LogP contribution in [-0.4, -0.2) is 86.5 Å². The number of nitrogens with zero attached hydrogens (tertiary/aromatic N) is 6. The fourth-order valence-corrected chi connectivity index (χ4v) is 4.82. The molecule has 2 aliphatic rings. The van der Waals surface area contributed by atoms with Crippen molar-refractivity contribution in [2.24, 2.45) is 0 Å². The molecule has 1 saturated carbocycles. The van der Waals surface area contributed by atoms with Gasteiger partial charge in [-0.25, -0.2) is 18.6 Å². The minimum Gasteiger partial charge on any atom is -0.465 e. The predicted octanol–water partition coefficient (Wildman–Crippen LogP) is 2.09. The summed E-state index contributed by atoms with van der Waals surface area (Å²) < 4.78 is 34.8. The van der Waals surface area contributed by atoms with Gasteiger partial charge in [0.2, 0.25) is 23.8 Å². The Morgan fingerprint density at radius 1 is 1.00 bits per heavy atom. The van der Waals surface area contributed by atoms with Crippen LogP contribution >= 0.6 is 0 Å². The van der Waals surface area contributed by atoms with Crippen LogP contribution in [0.2, 0.25) is 0 Å². The first-order valence-electron chi connectivity index (χ1n) is 12.7. The van der Waals surface area contributed by atoms with E-state index in [4.69, 9.17) is 9.84 Å². The Labute approximate surface area is 222 Å². The molecule has 0 bridgehead atoms. The number of aromatic nitrogens is 5. The highest BCUT2D eigenvalue weighted by atomic mass is 19.3. The first-order valence-corrected chi connectivity index (χ1v) is 12.7. The molecule has 5 rings (SSSR count). The van der Waals surface area contributed by atoms with Gasteiger partial charge in [0.05, 0.1) is 30.8 Å². The number of carboxylic acid groups (broad SMARTS) is 1. The lowest BCUT2D eigenvalue weighted by Crippen LogP contribution is -2.44. The Morgan fingerprint density at radius 2 is 1.69 bits per heavy atom. The number of rotatable bonds is 8. The van der Waals surface area contributed by atoms with Gasteiger partial charge in [-0.3, -0.25) is 9.36 Å². The lowest BCUT2D eigenvalue weighted by atomic mass is 9.91. The Kier molecular flexibility index (Phi) is 7.95. The lowest BCUT2D eigenvalue weighted by molar-refractivity contribution is -0.121. The number of ether oxygens (including phenoxy) is 1. The second-order valence-electron chi connectivity index (χ2n) is 9.37. The molecule has 2 fully saturated rings. The minimum atomic E-state index is -2.84. The maximum Gasteiger partial charge on any atom is 0.405 e. The first kappa shape index (κ1) is 26.5. The van der Waals surface area contributed by atoms with Crippen LogP contribution in [0.25, 0.3) is 17.0 Å². The SMILES string of the molecule is O=C(O)NCC(=O)N[C@H]1CC[C@H](Nc2nc(N3CCOCC3)nc(-n3c(C(F)F)nc4ccccc43)n2)CC1. The number of hydrogen-bond donors (Lipinski definition) is 4. The molecule has 4 N–H and O–H groups in total. The standard InChI is InChI=1S/C24H29F2N9O4/c25-19(26)20-30-16-3-1-2-4-17(16)35(20)23-32-21(31-22(33-23)34-9-11-39-12-10-34)29-15-7-5-14(6-8-15)28-18(36)13-27-24(37)38/h1-4,14-15,19,27H,5-13H2,(H,28,36)(H,37,38)(H,29,31,32,33)/t14-,15-. The monoisotopic (exact) mass is 545 g/mol. The zero-order valence-electron chi connectivity index (χ0n) is 21.0. The quantitative estimate of drug-likeness (QED) is 0.330. The average molecular weight is 546 g/mol. The highest BCUT2D eigenvalue weighted by molar-refractivity contribution is 5.81. The summed E-state index contributed by atoms with van der Waals surface area (Å²) in [4.78, 5) is 42.3. The predicted molar refractivity (Wildman–Crippen MR) is 136 cm³/mol. The van der Waals surface area contributed by atoms with E-state index in [2.05, 4.69) is 35.9 Å². The van der Waals surface area contributed by atoms with Crippen LogP contribution in [0.3, 0.4) is 0 Å². The molecule has 0 atom stereocenters. The van der Waals surface area contributed by atoms with E-state index in [0.717, 1.165) is 0 Å². The largest absolute Gasteiger partial charge is 0.465 e. The fourth-order valence-electron chi connectivity index (χ4n) is 4.82. The highest BCUT2D eigenvalue weighted by Crippen LogP contribution is 2.28. The molecule has 39 heavy (non-hydrogen) atoms. The molecule has 1 aliphatic heterocycles. The number of carbonyl (C=O) groups excluding carboxylic acids is 1. The molecule has 0 spiro atoms. The van der Waals surface area contributed by atoms with Crippen molar-refractivity contribution in [3.63, 3.8) is 0 Å². The average Bonchev–Trinajstić information content (AvgIpc) is 3.34. The van der Waals surface area contributed by atoms with Gasteiger partial charge in [0.15, 0.2) is 5.82 Å². The van der Waals surface area contributed by atoms with Crippen molar-refractivity contribution in [2.75, 3.05) is 43.1 Å². The Hall–Kier alpha value is -4.14. The lowest BCUT2D eigenvalue weighted by Gasteiger charge is -2.30. The Morgan fingerprint density at radius 3 is 2.41 bits per heavy atom. The third kappa shape index (κ3) is 6.30. The molecule has 15 heteroatoms. The minimum absolute atomic E-state index is 0.0165. The van der Waals surface area contributed by atoms with E-state index >= 15 is 0 Å². The Bertz CT molecular complexity index is 1320. The van der Waals surface area contributed by atoms with Gasteiger partial charge >= 0.3 is 6.09 Å². The topological polar surface area (TPSA) is 159 Å². The molecule has 13 nitrogen and oxygen atoms in total. The summed E-state index contributed by atoms with van der Waals surface area (Å²) in [6.07, 6.45) is -1.36. The van der Waals surface area contributed by atoms with E-state index in [1.807, 2.05) is 4.90 Å². The number of carbonyl (C=O) groups is 2. The fraction of sp³-hybridized carbons (Fsp3) is 0.500. The maximum atomic E-state index is 14.0. The van der Waals surface area contributed by atoms with Crippen LogP contribution in [0.1, 0.15) is 37.9 Å². The van der Waals surface area contributed by atoms with Crippen molar-refractivity contribution in [1.82, 2.24) is 35.1 Å². The summed E-state index contributed by atoms with van der Waals surface area (Å²) in [5, 5.41) is 16.9. The smallest absolute Gasteiger partial charge is 0.405 e. The van der Waals surface area contributed by atoms with E-state index in [0.29, 0.717) is 69.0 Å². The molecule has 1 saturated heterocycles. The van der Waals surface area contributed by atoms with Crippen molar-refractivity contribution in [3.05, 3.63) is 30.1 Å². The van der Waals surface area contributed by atoms with Crippen LogP contribution in [0.15, 0.2) is 24.3 Å². The number of alkyl halides is 2. The van der Waals surface area contributed by atoms with Gasteiger partial charge in [-0.15, -0.1) is 0 Å². The summed E-state index contributed by atoms with van der Waals surface area (Å²) in [5.74, 6) is -0.165. The molecule has 1 aliphatic carbocycles. The first-order chi connectivity index (χ1) is 18.9. The van der Waals surface area contributed by atoms with Crippen LogP contribution < -0.4 is 20.9 Å². The van der Waals surface area contributed by atoms with Gasteiger partial charge in [-0.05, 0) is 37.8 Å². The number of nitrogens with one attached hydrogen (secondary N) is 3. The highest BCUT2D eigenvalue weighted by Gasteiger charge is 2.27. The molecule has 0 radical (unpaired) electrons. The number of amides is 2. The molecule has 208 valence electrons. The zero-order valence-corrected chi connectivity index (χ0v) is 21.0. The number of para-hydroxylation sites is 2. The van der Waals surface area contributed by atoms with Crippen molar-refractivity contribution >= 4 is 34.9 Å². The molecular weight excluding hydrogens is 516 g/mol. The normalized spacial score (nSPS) is 19.7. The number of imidazole rings is 1. The summed E-state index contributed by atoms with van der Waals surface area (Å²) in [6.45, 7) is 1.80. The van der Waals surface area contributed by atoms with E-state index in [-0.39, 0.29) is 36.4 Å². The van der Waals surface area contributed by atoms with Crippen molar-refractivity contribution in [1.29, 1.82) is 0 Å². The second kappa shape index (κ2) is 11.7. The van der Waals surface area contributed by atoms with Crippen molar-refractivity contribution < 1.29 is 28.2 Å². The van der Waals surface area contributed by atoms with Gasteiger partial charge in [-0.1, -0.05) is 12.1 Å². The molecule has 2 aromatic heterocycles. The van der Waals surface area contributed by atoms with Crippen molar-refractivity contribution in [2.45, 2.75) is 44.2 Å². The summed E-state index contributed by atoms with van der Waals surface area (Å²) >= 11 is 0. The summed E-state index contributed by atoms with van der Waals surface area (Å²) in [7, 11) is 0. The third-order valence-corrected chi connectivity index (χ3v) is 6.71. The van der Waals surface area contributed by atoms with Gasteiger partial charge in [0, 0.05) is 25.2 Å². The third-order valence-electron chi connectivity index (χ3n) is 6.71. The van der Waals surface area contributed by atoms with Crippen molar-refractivity contribution in [3.8, 4) is 5.95 Å². The molecular formula is C24H29F2N9O4. The van der Waals surface area contributed by atoms with Crippen LogP contribution in [0, 0.1) is 0 Å². The maximum absolute atomic E-state index is 14.0. The number of benzene rings is 1. The number of morpholine rings is 1. The number of hydrogen-bond acceptors (Lipinski definition) is 9. The second-order valence-corrected chi connectivity index (χ2v) is 9.37. The summed E-state index contributed by atoms with van der Waals surface area (Å²) in [6, 6.07) is 6.74. The van der Waals surface area contributed by atoms with E-state index in [1.165, 1.54) is 4.57 Å². The van der Waals surface area contributed by atoms with Crippen LogP contribution in [-0.2, 0) is 9.53 Å².